The number of nitrogens with zero attached hydrogens (tertiary/aromatic N) is 3. The van der Waals surface area contributed by atoms with Gasteiger partial charge in [0.05, 0.1) is 12.2 Å². The van der Waals surface area contributed by atoms with Gasteiger partial charge < -0.3 is 9.88 Å². The fourth-order valence-electron chi connectivity index (χ4n) is 3.26. The number of aryl methyl sites for hydroxylation is 1. The number of carbonyl (C=O) groups excluding carboxylic acids is 2. The van der Waals surface area contributed by atoms with Crippen molar-refractivity contribution < 1.29 is 9.59 Å². The third-order valence-electron chi connectivity index (χ3n) is 4.65. The molecule has 1 saturated heterocycles. The molecule has 6 nitrogen and oxygen atoms in total. The van der Waals surface area contributed by atoms with E-state index in [1.165, 1.54) is 11.8 Å². The van der Waals surface area contributed by atoms with E-state index in [-0.39, 0.29) is 24.0 Å². The molecule has 144 valence electrons. The van der Waals surface area contributed by atoms with Gasteiger partial charge in [-0.05, 0) is 25.0 Å². The number of hydrogen-bond acceptors (Lipinski definition) is 4. The molecule has 1 aromatic carbocycles. The third-order valence-corrected chi connectivity index (χ3v) is 6.37. The van der Waals surface area contributed by atoms with Crippen LogP contribution in [-0.2, 0) is 16.0 Å². The van der Waals surface area contributed by atoms with Crippen LogP contribution >= 0.6 is 24.0 Å². The Kier molecular flexibility index (Phi) is 6.06. The van der Waals surface area contributed by atoms with Gasteiger partial charge in [-0.1, -0.05) is 42.2 Å². The number of aromatic amines is 1. The zero-order valence-electron chi connectivity index (χ0n) is 15.8. The molecular weight excluding hydrogens is 380 g/mol. The maximum Gasteiger partial charge on any atom is 0.251 e. The Morgan fingerprint density at radius 1 is 1.19 bits per heavy atom. The first-order valence-electron chi connectivity index (χ1n) is 8.89. The van der Waals surface area contributed by atoms with E-state index >= 15 is 0 Å². The number of amides is 2. The lowest BCUT2D eigenvalue weighted by atomic mass is 10.1. The summed E-state index contributed by atoms with van der Waals surface area (Å²) in [6, 6.07) is 7.97. The molecular formula is C19H24N4O2S2. The van der Waals surface area contributed by atoms with E-state index in [0.717, 1.165) is 28.6 Å². The van der Waals surface area contributed by atoms with Gasteiger partial charge in [-0.2, -0.15) is 0 Å². The maximum atomic E-state index is 12.9. The number of benzene rings is 1. The highest BCUT2D eigenvalue weighted by atomic mass is 32.2. The third kappa shape index (κ3) is 4.27. The molecule has 1 N–H and O–H groups in total. The first kappa shape index (κ1) is 19.7. The lowest BCUT2D eigenvalue weighted by Crippen LogP contribution is -2.46. The zero-order valence-corrected chi connectivity index (χ0v) is 17.5. The number of thioether (sulfide) groups is 1. The Morgan fingerprint density at radius 2 is 1.85 bits per heavy atom. The molecule has 2 aromatic rings. The highest BCUT2D eigenvalue weighted by molar-refractivity contribution is 8.23. The fraction of sp³-hybridized carbons (Fsp3) is 0.421. The summed E-state index contributed by atoms with van der Waals surface area (Å²) < 4.78 is 0.662. The van der Waals surface area contributed by atoms with Crippen molar-refractivity contribution in [3.63, 3.8) is 0 Å². The van der Waals surface area contributed by atoms with Crippen LogP contribution in [0.5, 0.6) is 0 Å². The van der Waals surface area contributed by atoms with Crippen LogP contribution in [0.2, 0.25) is 0 Å². The van der Waals surface area contributed by atoms with Gasteiger partial charge in [0.15, 0.2) is 0 Å². The zero-order chi connectivity index (χ0) is 19.6. The number of rotatable bonds is 4. The van der Waals surface area contributed by atoms with E-state index in [1.807, 2.05) is 45.3 Å². The van der Waals surface area contributed by atoms with Crippen molar-refractivity contribution in [2.24, 2.45) is 0 Å². The van der Waals surface area contributed by atoms with Crippen LogP contribution in [0.25, 0.3) is 10.9 Å². The minimum Gasteiger partial charge on any atom is -0.364 e. The smallest absolute Gasteiger partial charge is 0.251 e. The van der Waals surface area contributed by atoms with Crippen molar-refractivity contribution in [1.82, 2.24) is 19.9 Å². The number of hydrogen-bond donors (Lipinski definition) is 1. The van der Waals surface area contributed by atoms with Gasteiger partial charge in [0.1, 0.15) is 4.32 Å². The van der Waals surface area contributed by atoms with E-state index in [9.17, 15) is 9.59 Å². The number of thiocarbonyl (C=S) groups is 1. The predicted octanol–water partition coefficient (Wildman–Crippen LogP) is 2.57. The van der Waals surface area contributed by atoms with E-state index in [0.29, 0.717) is 17.4 Å². The highest BCUT2D eigenvalue weighted by Gasteiger charge is 2.31. The number of H-pyrrole nitrogens is 1. The predicted molar refractivity (Wildman–Crippen MR) is 114 cm³/mol. The number of carbonyl (C=O) groups is 2. The molecule has 1 aliphatic heterocycles. The fourth-order valence-corrected chi connectivity index (χ4v) is 4.09. The van der Waals surface area contributed by atoms with Crippen LogP contribution in [0.15, 0.2) is 24.3 Å². The lowest BCUT2D eigenvalue weighted by molar-refractivity contribution is -0.155. The molecule has 0 atom stereocenters. The number of hydrazine groups is 1. The first-order valence-corrected chi connectivity index (χ1v) is 10.3. The monoisotopic (exact) mass is 404 g/mol. The van der Waals surface area contributed by atoms with Gasteiger partial charge in [0, 0.05) is 43.8 Å². The standard InChI is InChI=1S/C19H24N4O2S2/c1-13-15(14-7-4-5-8-16(14)20-13)11-17(24)22-9-6-10-23(22)18(25)12-27-19(26)21(2)3/h4-5,7-8,20H,6,9-12H2,1-3H3. The van der Waals surface area contributed by atoms with Gasteiger partial charge >= 0.3 is 0 Å². The van der Waals surface area contributed by atoms with Crippen molar-refractivity contribution >= 4 is 51.0 Å². The number of para-hydroxylation sites is 1. The summed E-state index contributed by atoms with van der Waals surface area (Å²) >= 11 is 6.55. The van der Waals surface area contributed by atoms with Gasteiger partial charge in [-0.25, -0.2) is 0 Å². The Balaban J connectivity index is 1.69. The number of aromatic nitrogens is 1. The molecule has 0 bridgehead atoms. The van der Waals surface area contributed by atoms with Crippen LogP contribution in [0.1, 0.15) is 17.7 Å². The molecule has 8 heteroatoms. The molecule has 2 amide bonds. The van der Waals surface area contributed by atoms with Crippen LogP contribution in [-0.4, -0.2) is 69.0 Å². The van der Waals surface area contributed by atoms with Crippen molar-refractivity contribution in [2.45, 2.75) is 19.8 Å². The quantitative estimate of drug-likeness (QED) is 0.794. The van der Waals surface area contributed by atoms with Crippen molar-refractivity contribution in [2.75, 3.05) is 32.9 Å². The van der Waals surface area contributed by atoms with Crippen molar-refractivity contribution in [3.8, 4) is 0 Å². The number of fused-ring (bicyclic) bond motifs is 1. The topological polar surface area (TPSA) is 59.7 Å². The first-order chi connectivity index (χ1) is 12.9. The Labute approximate surface area is 168 Å². The van der Waals surface area contributed by atoms with Crippen LogP contribution in [0.4, 0.5) is 0 Å². The summed E-state index contributed by atoms with van der Waals surface area (Å²) in [4.78, 5) is 30.7. The lowest BCUT2D eigenvalue weighted by Gasteiger charge is -2.28. The minimum atomic E-state index is -0.0781. The summed E-state index contributed by atoms with van der Waals surface area (Å²) in [5.74, 6) is 0.118. The van der Waals surface area contributed by atoms with Gasteiger partial charge in [-0.3, -0.25) is 19.6 Å². The molecule has 1 aliphatic rings. The molecule has 0 unspecified atom stereocenters. The van der Waals surface area contributed by atoms with Crippen LogP contribution in [0, 0.1) is 6.92 Å². The second-order valence-corrected chi connectivity index (χ2v) is 8.40. The van der Waals surface area contributed by atoms with Gasteiger partial charge in [0.2, 0.25) is 5.91 Å². The molecule has 3 rings (SSSR count). The molecule has 0 saturated carbocycles. The summed E-state index contributed by atoms with van der Waals surface area (Å²) in [6.07, 6.45) is 1.08. The Morgan fingerprint density at radius 3 is 2.56 bits per heavy atom. The largest absolute Gasteiger partial charge is 0.364 e. The van der Waals surface area contributed by atoms with Crippen molar-refractivity contribution in [3.05, 3.63) is 35.5 Å². The molecule has 2 heterocycles. The molecule has 27 heavy (non-hydrogen) atoms. The van der Waals surface area contributed by atoms with Gasteiger partial charge in [-0.15, -0.1) is 0 Å². The minimum absolute atomic E-state index is 0.0473. The molecule has 0 radical (unpaired) electrons. The van der Waals surface area contributed by atoms with E-state index in [2.05, 4.69) is 4.98 Å². The van der Waals surface area contributed by atoms with E-state index in [1.54, 1.807) is 14.9 Å². The normalized spacial score (nSPS) is 14.0. The maximum absolute atomic E-state index is 12.9. The highest BCUT2D eigenvalue weighted by Crippen LogP contribution is 2.24. The SMILES string of the molecule is Cc1[nH]c2ccccc2c1CC(=O)N1CCCN1C(=O)CSC(=S)N(C)C. The van der Waals surface area contributed by atoms with E-state index < -0.39 is 0 Å². The van der Waals surface area contributed by atoms with Crippen molar-refractivity contribution in [1.29, 1.82) is 0 Å². The Hall–Kier alpha value is -2.06. The molecule has 0 spiro atoms. The molecule has 0 aliphatic carbocycles. The average Bonchev–Trinajstić information content (AvgIpc) is 3.24. The molecule has 1 fully saturated rings. The number of nitrogens with one attached hydrogen (secondary N) is 1. The summed E-state index contributed by atoms with van der Waals surface area (Å²) in [7, 11) is 3.71. The molecule has 1 aromatic heterocycles. The second-order valence-electron chi connectivity index (χ2n) is 6.79. The second kappa shape index (κ2) is 8.31. The Bertz CT molecular complexity index is 878. The average molecular weight is 405 g/mol. The van der Waals surface area contributed by atoms with E-state index in [4.69, 9.17) is 12.2 Å². The van der Waals surface area contributed by atoms with Crippen LogP contribution in [0.3, 0.4) is 0 Å². The summed E-state index contributed by atoms with van der Waals surface area (Å²) in [5.41, 5.74) is 3.02. The van der Waals surface area contributed by atoms with Crippen LogP contribution < -0.4 is 0 Å². The summed E-state index contributed by atoms with van der Waals surface area (Å²) in [6.45, 7) is 3.13. The van der Waals surface area contributed by atoms with Gasteiger partial charge in [0.25, 0.3) is 5.91 Å². The summed E-state index contributed by atoms with van der Waals surface area (Å²) in [5, 5.41) is 4.24.